The smallest absolute Gasteiger partial charge is 0.347 e. The van der Waals surface area contributed by atoms with Gasteiger partial charge in [0, 0.05) is 25.2 Å². The maximum absolute atomic E-state index is 13.2. The Morgan fingerprint density at radius 3 is 2.50 bits per heavy atom. The second-order valence-corrected chi connectivity index (χ2v) is 9.08. The summed E-state index contributed by atoms with van der Waals surface area (Å²) in [4.78, 5) is 38.3. The van der Waals surface area contributed by atoms with E-state index in [1.807, 2.05) is 25.1 Å². The number of carbonyl (C=O) groups excluding carboxylic acids is 3. The van der Waals surface area contributed by atoms with Gasteiger partial charge in [-0.05, 0) is 48.7 Å². The minimum atomic E-state index is -4.52. The number of nitrogens with zero attached hydrogens (tertiary/aromatic N) is 1. The summed E-state index contributed by atoms with van der Waals surface area (Å²) in [5.74, 6) is -0.790. The molecular formula is C24H26F3N3O3S. The fourth-order valence-electron chi connectivity index (χ4n) is 3.68. The zero-order valence-electron chi connectivity index (χ0n) is 18.7. The van der Waals surface area contributed by atoms with Crippen molar-refractivity contribution >= 4 is 35.2 Å². The molecule has 1 saturated heterocycles. The van der Waals surface area contributed by atoms with Crippen molar-refractivity contribution in [3.8, 4) is 0 Å². The molecule has 2 aromatic carbocycles. The Bertz CT molecular complexity index is 1050. The molecule has 0 aliphatic carbocycles. The molecule has 6 nitrogen and oxygen atoms in total. The predicted octanol–water partition coefficient (Wildman–Crippen LogP) is 4.17. The van der Waals surface area contributed by atoms with Gasteiger partial charge >= 0.3 is 6.18 Å². The summed E-state index contributed by atoms with van der Waals surface area (Å²) in [6.07, 6.45) is -3.46. The molecule has 182 valence electrons. The van der Waals surface area contributed by atoms with E-state index in [9.17, 15) is 27.6 Å². The summed E-state index contributed by atoms with van der Waals surface area (Å²) in [5, 5.41) is 5.49. The number of carbonyl (C=O) groups is 3. The van der Waals surface area contributed by atoms with Gasteiger partial charge in [0.15, 0.2) is 0 Å². The average Bonchev–Trinajstić information content (AvgIpc) is 3.17. The van der Waals surface area contributed by atoms with Gasteiger partial charge in [-0.1, -0.05) is 24.3 Å². The van der Waals surface area contributed by atoms with Crippen molar-refractivity contribution in [2.75, 3.05) is 29.9 Å². The van der Waals surface area contributed by atoms with Gasteiger partial charge in [-0.2, -0.15) is 13.2 Å². The second kappa shape index (κ2) is 11.4. The van der Waals surface area contributed by atoms with E-state index in [1.54, 1.807) is 11.0 Å². The van der Waals surface area contributed by atoms with Crippen LogP contribution >= 0.6 is 11.8 Å². The van der Waals surface area contributed by atoms with Gasteiger partial charge in [0.1, 0.15) is 0 Å². The highest BCUT2D eigenvalue weighted by atomic mass is 32.2. The van der Waals surface area contributed by atoms with E-state index in [0.29, 0.717) is 25.1 Å². The summed E-state index contributed by atoms with van der Waals surface area (Å²) in [6, 6.07) is 11.3. The summed E-state index contributed by atoms with van der Waals surface area (Å²) >= 11 is 1.10. The Labute approximate surface area is 200 Å². The zero-order valence-corrected chi connectivity index (χ0v) is 19.5. The Hall–Kier alpha value is -3.01. The van der Waals surface area contributed by atoms with Crippen molar-refractivity contribution in [2.24, 2.45) is 0 Å². The third-order valence-electron chi connectivity index (χ3n) is 5.29. The van der Waals surface area contributed by atoms with Crippen LogP contribution in [0.3, 0.4) is 0 Å². The van der Waals surface area contributed by atoms with Crippen LogP contribution in [0, 0.1) is 6.92 Å². The average molecular weight is 494 g/mol. The lowest BCUT2D eigenvalue weighted by molar-refractivity contribution is -0.137. The molecule has 10 heteroatoms. The fourth-order valence-corrected chi connectivity index (χ4v) is 4.30. The normalized spacial score (nSPS) is 14.7. The number of hydrogen-bond acceptors (Lipinski definition) is 4. The monoisotopic (exact) mass is 493 g/mol. The summed E-state index contributed by atoms with van der Waals surface area (Å²) < 4.78 is 39.6. The quantitative estimate of drug-likeness (QED) is 0.550. The third kappa shape index (κ3) is 7.51. The van der Waals surface area contributed by atoms with E-state index in [-0.39, 0.29) is 35.4 Å². The van der Waals surface area contributed by atoms with Gasteiger partial charge in [-0.25, -0.2) is 0 Å². The van der Waals surface area contributed by atoms with Crippen LogP contribution in [0.4, 0.5) is 18.9 Å². The first kappa shape index (κ1) is 25.6. The lowest BCUT2D eigenvalue weighted by atomic mass is 10.0. The number of halogens is 3. The molecule has 0 radical (unpaired) electrons. The molecule has 1 aliphatic rings. The van der Waals surface area contributed by atoms with Crippen LogP contribution in [0.2, 0.25) is 0 Å². The van der Waals surface area contributed by atoms with Crippen LogP contribution in [0.25, 0.3) is 0 Å². The minimum absolute atomic E-state index is 0.0419. The molecule has 0 bridgehead atoms. The first-order chi connectivity index (χ1) is 16.1. The molecule has 1 fully saturated rings. The number of aryl methyl sites for hydroxylation is 1. The molecule has 1 unspecified atom stereocenters. The Balaban J connectivity index is 1.60. The molecule has 0 aromatic heterocycles. The molecule has 3 rings (SSSR count). The van der Waals surface area contributed by atoms with E-state index >= 15 is 0 Å². The highest BCUT2D eigenvalue weighted by Gasteiger charge is 2.32. The first-order valence-corrected chi connectivity index (χ1v) is 12.0. The van der Waals surface area contributed by atoms with Crippen molar-refractivity contribution in [3.05, 3.63) is 65.2 Å². The molecular weight excluding hydrogens is 467 g/mol. The number of amides is 3. The maximum Gasteiger partial charge on any atom is 0.416 e. The van der Waals surface area contributed by atoms with Gasteiger partial charge in [-0.3, -0.25) is 14.4 Å². The van der Waals surface area contributed by atoms with Crippen LogP contribution in [0.15, 0.2) is 48.5 Å². The molecule has 1 aliphatic heterocycles. The second-order valence-electron chi connectivity index (χ2n) is 8.10. The molecule has 3 amide bonds. The fraction of sp³-hybridized carbons (Fsp3) is 0.375. The van der Waals surface area contributed by atoms with E-state index < -0.39 is 23.7 Å². The van der Waals surface area contributed by atoms with Crippen molar-refractivity contribution in [2.45, 2.75) is 32.0 Å². The van der Waals surface area contributed by atoms with Crippen molar-refractivity contribution in [1.29, 1.82) is 0 Å². The number of rotatable bonds is 9. The number of hydrogen-bond donors (Lipinski definition) is 2. The summed E-state index contributed by atoms with van der Waals surface area (Å²) in [7, 11) is 0. The zero-order chi connectivity index (χ0) is 24.7. The van der Waals surface area contributed by atoms with E-state index in [1.165, 1.54) is 12.1 Å². The van der Waals surface area contributed by atoms with Gasteiger partial charge in [0.05, 0.1) is 23.1 Å². The number of anilines is 1. The topological polar surface area (TPSA) is 78.5 Å². The van der Waals surface area contributed by atoms with Crippen LogP contribution < -0.4 is 10.6 Å². The number of likely N-dealkylation sites (tertiary alicyclic amines) is 1. The molecule has 2 aromatic rings. The number of benzene rings is 2. The minimum Gasteiger partial charge on any atom is -0.347 e. The molecule has 2 N–H and O–H groups in total. The maximum atomic E-state index is 13.2. The van der Waals surface area contributed by atoms with Gasteiger partial charge < -0.3 is 15.5 Å². The van der Waals surface area contributed by atoms with Crippen molar-refractivity contribution in [3.63, 3.8) is 0 Å². The van der Waals surface area contributed by atoms with E-state index in [0.717, 1.165) is 29.5 Å². The number of nitrogens with one attached hydrogen (secondary N) is 2. The summed E-state index contributed by atoms with van der Waals surface area (Å²) in [5.41, 5.74) is 1.11. The summed E-state index contributed by atoms with van der Waals surface area (Å²) in [6.45, 7) is 2.49. The van der Waals surface area contributed by atoms with E-state index in [2.05, 4.69) is 10.6 Å². The Morgan fingerprint density at radius 2 is 1.82 bits per heavy atom. The highest BCUT2D eigenvalue weighted by molar-refractivity contribution is 8.00. The molecule has 0 saturated carbocycles. The first-order valence-electron chi connectivity index (χ1n) is 10.8. The van der Waals surface area contributed by atoms with Gasteiger partial charge in [0.25, 0.3) is 0 Å². The lowest BCUT2D eigenvalue weighted by Gasteiger charge is -2.25. The predicted molar refractivity (Wildman–Crippen MR) is 125 cm³/mol. The van der Waals surface area contributed by atoms with Crippen molar-refractivity contribution in [1.82, 2.24) is 10.2 Å². The molecule has 0 spiro atoms. The molecule has 1 atom stereocenters. The van der Waals surface area contributed by atoms with Crippen LogP contribution in [0.1, 0.15) is 35.6 Å². The van der Waals surface area contributed by atoms with Gasteiger partial charge in [-0.15, -0.1) is 11.8 Å². The SMILES string of the molecule is Cc1cccc(NC(=O)CSCC(=O)NC(CN2CCCC2=O)c2cccc(C(F)(F)F)c2)c1. The largest absolute Gasteiger partial charge is 0.416 e. The van der Waals surface area contributed by atoms with E-state index in [4.69, 9.17) is 0 Å². The Kier molecular flexibility index (Phi) is 8.60. The van der Waals surface area contributed by atoms with Gasteiger partial charge in [0.2, 0.25) is 17.7 Å². The molecule has 34 heavy (non-hydrogen) atoms. The van der Waals surface area contributed by atoms with Crippen molar-refractivity contribution < 1.29 is 27.6 Å². The van der Waals surface area contributed by atoms with Crippen LogP contribution in [-0.2, 0) is 20.6 Å². The molecule has 1 heterocycles. The number of alkyl halides is 3. The van der Waals surface area contributed by atoms with Crippen LogP contribution in [0.5, 0.6) is 0 Å². The number of thioether (sulfide) groups is 1. The highest BCUT2D eigenvalue weighted by Crippen LogP contribution is 2.31. The standard InChI is InChI=1S/C24H26F3N3O3S/c1-16-5-2-8-19(11-16)28-21(31)14-34-15-22(32)29-20(13-30-10-4-9-23(30)33)17-6-3-7-18(12-17)24(25,26)27/h2-3,5-8,11-12,20H,4,9-10,13-15H2,1H3,(H,28,31)(H,29,32). The van der Waals surface area contributed by atoms with Crippen LogP contribution in [-0.4, -0.2) is 47.2 Å². The third-order valence-corrected chi connectivity index (χ3v) is 6.23. The lowest BCUT2D eigenvalue weighted by Crippen LogP contribution is -2.39. The Morgan fingerprint density at radius 1 is 1.09 bits per heavy atom.